The van der Waals surface area contributed by atoms with Gasteiger partial charge in [-0.05, 0) is 54.0 Å². The minimum absolute atomic E-state index is 0.279. The molecule has 0 heterocycles. The van der Waals surface area contributed by atoms with Crippen LogP contribution in [0, 0.1) is 29.6 Å². The Morgan fingerprint density at radius 2 is 1.68 bits per heavy atom. The SMILES string of the molecule is CCOC(=O)C#CC#Cc1ccc(-c2ccccc2C(=O)OCC(C)C)cc1. The number of carbonyl (C=O) groups is 2. The normalized spacial score (nSPS) is 9.57. The van der Waals surface area contributed by atoms with E-state index in [1.807, 2.05) is 56.3 Å². The summed E-state index contributed by atoms with van der Waals surface area (Å²) in [6, 6.07) is 14.8. The van der Waals surface area contributed by atoms with Gasteiger partial charge in [-0.2, -0.15) is 0 Å². The summed E-state index contributed by atoms with van der Waals surface area (Å²) >= 11 is 0. The van der Waals surface area contributed by atoms with Crippen molar-refractivity contribution < 1.29 is 19.1 Å². The first-order chi connectivity index (χ1) is 13.5. The molecule has 0 atom stereocenters. The van der Waals surface area contributed by atoms with Gasteiger partial charge in [-0.25, -0.2) is 9.59 Å². The first-order valence-electron chi connectivity index (χ1n) is 9.06. The standard InChI is InChI=1S/C24H22O4/c1-4-27-23(25)12-8-5-9-19-13-15-20(16-14-19)21-10-6-7-11-22(21)24(26)28-17-18(2)3/h6-7,10-11,13-16,18H,4,17H2,1-3H3. The summed E-state index contributed by atoms with van der Waals surface area (Å²) in [5, 5.41) is 0. The highest BCUT2D eigenvalue weighted by Crippen LogP contribution is 2.24. The second kappa shape index (κ2) is 10.6. The van der Waals surface area contributed by atoms with Crippen molar-refractivity contribution in [3.63, 3.8) is 0 Å². The number of carbonyl (C=O) groups excluding carboxylic acids is 2. The van der Waals surface area contributed by atoms with Crippen molar-refractivity contribution in [2.24, 2.45) is 5.92 Å². The molecule has 0 spiro atoms. The van der Waals surface area contributed by atoms with Gasteiger partial charge in [0.05, 0.1) is 18.8 Å². The minimum Gasteiger partial charge on any atom is -0.462 e. The van der Waals surface area contributed by atoms with Crippen molar-refractivity contribution in [3.8, 4) is 34.8 Å². The molecule has 0 aliphatic heterocycles. The average Bonchev–Trinajstić information content (AvgIpc) is 2.70. The van der Waals surface area contributed by atoms with Crippen molar-refractivity contribution in [2.75, 3.05) is 13.2 Å². The zero-order chi connectivity index (χ0) is 20.4. The van der Waals surface area contributed by atoms with Gasteiger partial charge in [-0.1, -0.05) is 50.1 Å². The van der Waals surface area contributed by atoms with E-state index in [-0.39, 0.29) is 18.5 Å². The third-order valence-corrected chi connectivity index (χ3v) is 3.60. The predicted octanol–water partition coefficient (Wildman–Crippen LogP) is 4.08. The Balaban J connectivity index is 2.16. The van der Waals surface area contributed by atoms with E-state index in [4.69, 9.17) is 9.47 Å². The van der Waals surface area contributed by atoms with E-state index in [0.29, 0.717) is 12.2 Å². The van der Waals surface area contributed by atoms with Crippen LogP contribution in [0.1, 0.15) is 36.7 Å². The molecule has 2 aromatic carbocycles. The van der Waals surface area contributed by atoms with Crippen LogP contribution in [0.4, 0.5) is 0 Å². The van der Waals surface area contributed by atoms with Crippen LogP contribution in [0.2, 0.25) is 0 Å². The van der Waals surface area contributed by atoms with Crippen LogP contribution >= 0.6 is 0 Å². The van der Waals surface area contributed by atoms with Gasteiger partial charge in [0.1, 0.15) is 0 Å². The summed E-state index contributed by atoms with van der Waals surface area (Å²) in [7, 11) is 0. The summed E-state index contributed by atoms with van der Waals surface area (Å²) in [6.45, 7) is 6.38. The number of hydrogen-bond acceptors (Lipinski definition) is 4. The largest absolute Gasteiger partial charge is 0.462 e. The third-order valence-electron chi connectivity index (χ3n) is 3.60. The van der Waals surface area contributed by atoms with Gasteiger partial charge in [-0.3, -0.25) is 0 Å². The minimum atomic E-state index is -0.590. The Morgan fingerprint density at radius 1 is 0.964 bits per heavy atom. The average molecular weight is 374 g/mol. The van der Waals surface area contributed by atoms with Crippen molar-refractivity contribution in [3.05, 3.63) is 59.7 Å². The molecule has 142 valence electrons. The van der Waals surface area contributed by atoms with Crippen molar-refractivity contribution >= 4 is 11.9 Å². The van der Waals surface area contributed by atoms with Gasteiger partial charge in [0.25, 0.3) is 0 Å². The lowest BCUT2D eigenvalue weighted by Gasteiger charge is -2.11. The first kappa shape index (κ1) is 20.8. The van der Waals surface area contributed by atoms with Gasteiger partial charge in [-0.15, -0.1) is 0 Å². The predicted molar refractivity (Wildman–Crippen MR) is 108 cm³/mol. The molecular formula is C24H22O4. The first-order valence-corrected chi connectivity index (χ1v) is 9.06. The molecule has 2 rings (SSSR count). The molecule has 2 aromatic rings. The highest BCUT2D eigenvalue weighted by molar-refractivity contribution is 5.97. The van der Waals surface area contributed by atoms with E-state index in [0.717, 1.165) is 16.7 Å². The van der Waals surface area contributed by atoms with Gasteiger partial charge in [0, 0.05) is 11.5 Å². The lowest BCUT2D eigenvalue weighted by atomic mass is 9.99. The second-order valence-corrected chi connectivity index (χ2v) is 6.34. The zero-order valence-electron chi connectivity index (χ0n) is 16.2. The molecule has 0 N–H and O–H groups in total. The summed E-state index contributed by atoms with van der Waals surface area (Å²) in [5.74, 6) is 9.61. The zero-order valence-corrected chi connectivity index (χ0v) is 16.2. The van der Waals surface area contributed by atoms with Gasteiger partial charge in [0.15, 0.2) is 0 Å². The fourth-order valence-corrected chi connectivity index (χ4v) is 2.32. The molecule has 4 nitrogen and oxygen atoms in total. The molecule has 0 radical (unpaired) electrons. The second-order valence-electron chi connectivity index (χ2n) is 6.34. The van der Waals surface area contributed by atoms with E-state index in [2.05, 4.69) is 23.7 Å². The fourth-order valence-electron chi connectivity index (χ4n) is 2.32. The smallest absolute Gasteiger partial charge is 0.385 e. The molecule has 4 heteroatoms. The molecule has 0 unspecified atom stereocenters. The highest BCUT2D eigenvalue weighted by atomic mass is 16.5. The van der Waals surface area contributed by atoms with Crippen LogP contribution in [-0.4, -0.2) is 25.2 Å². The summed E-state index contributed by atoms with van der Waals surface area (Å²) in [5.41, 5.74) is 2.97. The van der Waals surface area contributed by atoms with E-state index in [1.165, 1.54) is 0 Å². The molecule has 0 aromatic heterocycles. The maximum Gasteiger partial charge on any atom is 0.385 e. The number of esters is 2. The molecular weight excluding hydrogens is 352 g/mol. The Bertz CT molecular complexity index is 948. The summed E-state index contributed by atoms with van der Waals surface area (Å²) < 4.78 is 10.1. The van der Waals surface area contributed by atoms with Crippen LogP contribution in [0.15, 0.2) is 48.5 Å². The van der Waals surface area contributed by atoms with Crippen molar-refractivity contribution in [2.45, 2.75) is 20.8 Å². The van der Waals surface area contributed by atoms with Gasteiger partial charge < -0.3 is 9.47 Å². The molecule has 0 fully saturated rings. The Hall–Kier alpha value is -3.50. The van der Waals surface area contributed by atoms with E-state index in [9.17, 15) is 9.59 Å². The summed E-state index contributed by atoms with van der Waals surface area (Å²) in [4.78, 5) is 23.5. The summed E-state index contributed by atoms with van der Waals surface area (Å²) in [6.07, 6.45) is 0. The van der Waals surface area contributed by atoms with Crippen molar-refractivity contribution in [1.82, 2.24) is 0 Å². The molecule has 0 aliphatic rings. The Labute approximate surface area is 165 Å². The molecule has 0 aliphatic carbocycles. The maximum absolute atomic E-state index is 12.4. The van der Waals surface area contributed by atoms with Crippen LogP contribution in [-0.2, 0) is 14.3 Å². The lowest BCUT2D eigenvalue weighted by Crippen LogP contribution is -2.11. The van der Waals surface area contributed by atoms with E-state index in [1.54, 1.807) is 13.0 Å². The van der Waals surface area contributed by atoms with Gasteiger partial charge in [0.2, 0.25) is 0 Å². The number of ether oxygens (including phenoxy) is 2. The molecule has 28 heavy (non-hydrogen) atoms. The number of benzene rings is 2. The Kier molecular flexibility index (Phi) is 7.88. The molecule has 0 amide bonds. The van der Waals surface area contributed by atoms with Crippen LogP contribution in [0.3, 0.4) is 0 Å². The molecule has 0 saturated heterocycles. The monoisotopic (exact) mass is 374 g/mol. The van der Waals surface area contributed by atoms with Gasteiger partial charge >= 0.3 is 11.9 Å². The number of rotatable bonds is 5. The van der Waals surface area contributed by atoms with Crippen LogP contribution in [0.25, 0.3) is 11.1 Å². The topological polar surface area (TPSA) is 52.6 Å². The third kappa shape index (κ3) is 6.34. The van der Waals surface area contributed by atoms with Crippen molar-refractivity contribution in [1.29, 1.82) is 0 Å². The Morgan fingerprint density at radius 3 is 2.36 bits per heavy atom. The van der Waals surface area contributed by atoms with E-state index >= 15 is 0 Å². The molecule has 0 saturated carbocycles. The van der Waals surface area contributed by atoms with E-state index < -0.39 is 5.97 Å². The lowest BCUT2D eigenvalue weighted by molar-refractivity contribution is -0.136. The van der Waals surface area contributed by atoms with Crippen LogP contribution in [0.5, 0.6) is 0 Å². The van der Waals surface area contributed by atoms with Crippen LogP contribution < -0.4 is 0 Å². The number of hydrogen-bond donors (Lipinski definition) is 0. The molecule has 0 bridgehead atoms. The fraction of sp³-hybridized carbons (Fsp3) is 0.250. The maximum atomic E-state index is 12.4. The quantitative estimate of drug-likeness (QED) is 0.449. The highest BCUT2D eigenvalue weighted by Gasteiger charge is 2.14.